The van der Waals surface area contributed by atoms with Crippen LogP contribution < -0.4 is 0 Å². The third kappa shape index (κ3) is 3.79. The molecule has 0 aliphatic rings. The van der Waals surface area contributed by atoms with Gasteiger partial charge in [-0.1, -0.05) is 12.1 Å². The van der Waals surface area contributed by atoms with E-state index in [1.54, 1.807) is 19.1 Å². The van der Waals surface area contributed by atoms with Crippen molar-refractivity contribution in [2.75, 3.05) is 13.3 Å². The van der Waals surface area contributed by atoms with Crippen LogP contribution >= 0.6 is 0 Å². The molecule has 0 aliphatic carbocycles. The van der Waals surface area contributed by atoms with Crippen molar-refractivity contribution in [3.63, 3.8) is 0 Å². The Kier molecular flexibility index (Phi) is 5.03. The molecule has 2 aromatic carbocycles. The molecule has 0 bridgehead atoms. The molecule has 0 aliphatic heterocycles. The number of nitrogens with zero attached hydrogens (tertiary/aromatic N) is 1. The molecule has 0 saturated carbocycles. The summed E-state index contributed by atoms with van der Waals surface area (Å²) in [7, 11) is -1.80. The fraction of sp³-hybridized carbons (Fsp3) is 0.235. The van der Waals surface area contributed by atoms with Gasteiger partial charge in [0.1, 0.15) is 11.6 Å². The summed E-state index contributed by atoms with van der Waals surface area (Å²) < 4.78 is 49.7. The number of sulfone groups is 1. The Morgan fingerprint density at radius 2 is 1.67 bits per heavy atom. The zero-order valence-corrected chi connectivity index (χ0v) is 14.3. The van der Waals surface area contributed by atoms with Gasteiger partial charge in [0, 0.05) is 19.4 Å². The van der Waals surface area contributed by atoms with Crippen LogP contribution in [0, 0.1) is 11.6 Å². The fourth-order valence-electron chi connectivity index (χ4n) is 2.25. The van der Waals surface area contributed by atoms with Crippen LogP contribution in [0.2, 0.25) is 0 Å². The van der Waals surface area contributed by atoms with Crippen LogP contribution in [0.25, 0.3) is 0 Å². The monoisotopic (exact) mass is 353 g/mol. The molecule has 0 aromatic heterocycles. The minimum absolute atomic E-state index is 0.178. The number of carbonyl (C=O) groups excluding carboxylic acids is 1. The largest absolute Gasteiger partial charge is 0.335 e. The predicted octanol–water partition coefficient (Wildman–Crippen LogP) is 3.20. The van der Waals surface area contributed by atoms with Gasteiger partial charge in [0.25, 0.3) is 5.91 Å². The highest BCUT2D eigenvalue weighted by molar-refractivity contribution is 7.90. The van der Waals surface area contributed by atoms with Gasteiger partial charge in [0.15, 0.2) is 9.84 Å². The van der Waals surface area contributed by atoms with Crippen molar-refractivity contribution < 1.29 is 22.0 Å². The summed E-state index contributed by atoms with van der Waals surface area (Å²) in [6.45, 7) is 1.73. The van der Waals surface area contributed by atoms with Crippen LogP contribution in [-0.4, -0.2) is 32.5 Å². The predicted molar refractivity (Wildman–Crippen MR) is 86.4 cm³/mol. The van der Waals surface area contributed by atoms with Crippen molar-refractivity contribution in [3.05, 3.63) is 65.2 Å². The van der Waals surface area contributed by atoms with Gasteiger partial charge in [-0.15, -0.1) is 0 Å². The summed E-state index contributed by atoms with van der Waals surface area (Å²) in [5.41, 5.74) is 0.472. The third-order valence-electron chi connectivity index (χ3n) is 3.85. The van der Waals surface area contributed by atoms with Gasteiger partial charge in [0.05, 0.1) is 16.5 Å². The lowest BCUT2D eigenvalue weighted by molar-refractivity contribution is 0.0737. The Morgan fingerprint density at radius 3 is 2.17 bits per heavy atom. The van der Waals surface area contributed by atoms with Crippen LogP contribution in [0.4, 0.5) is 8.78 Å². The normalized spacial score (nSPS) is 12.7. The maximum absolute atomic E-state index is 13.8. The standard InChI is InChI=1S/C17H17F2NO3S/c1-11(12-4-7-14(8-5-12)24(3,22)23)20(2)17(21)15-9-6-13(18)10-16(15)19/h4-11H,1-3H3. The van der Waals surface area contributed by atoms with E-state index in [1.165, 1.54) is 24.1 Å². The molecule has 0 radical (unpaired) electrons. The average molecular weight is 353 g/mol. The van der Waals surface area contributed by atoms with E-state index in [2.05, 4.69) is 0 Å². The van der Waals surface area contributed by atoms with Crippen molar-refractivity contribution in [3.8, 4) is 0 Å². The second-order valence-corrected chi connectivity index (χ2v) is 7.57. The van der Waals surface area contributed by atoms with E-state index in [0.717, 1.165) is 18.4 Å². The summed E-state index contributed by atoms with van der Waals surface area (Å²) in [6, 6.07) is 8.48. The first kappa shape index (κ1) is 18.1. The zero-order valence-electron chi connectivity index (χ0n) is 13.5. The van der Waals surface area contributed by atoms with E-state index in [-0.39, 0.29) is 10.5 Å². The van der Waals surface area contributed by atoms with E-state index in [9.17, 15) is 22.0 Å². The van der Waals surface area contributed by atoms with Crippen LogP contribution in [0.1, 0.15) is 28.9 Å². The van der Waals surface area contributed by atoms with Crippen LogP contribution in [-0.2, 0) is 9.84 Å². The SMILES string of the molecule is CC(c1ccc(S(C)(=O)=O)cc1)N(C)C(=O)c1ccc(F)cc1F. The van der Waals surface area contributed by atoms with Crippen molar-refractivity contribution in [2.45, 2.75) is 17.9 Å². The molecule has 0 saturated heterocycles. The molecule has 2 rings (SSSR count). The molecule has 4 nitrogen and oxygen atoms in total. The summed E-state index contributed by atoms with van der Waals surface area (Å²) in [6.07, 6.45) is 1.11. The first-order valence-corrected chi connectivity index (χ1v) is 9.02. The maximum atomic E-state index is 13.8. The van der Waals surface area contributed by atoms with Gasteiger partial charge in [-0.3, -0.25) is 4.79 Å². The van der Waals surface area contributed by atoms with Crippen LogP contribution in [0.5, 0.6) is 0 Å². The zero-order chi connectivity index (χ0) is 18.1. The van der Waals surface area contributed by atoms with Crippen molar-refractivity contribution in [1.29, 1.82) is 0 Å². The highest BCUT2D eigenvalue weighted by Gasteiger charge is 2.22. The molecule has 1 atom stereocenters. The van der Waals surface area contributed by atoms with Gasteiger partial charge in [-0.25, -0.2) is 17.2 Å². The van der Waals surface area contributed by atoms with Crippen molar-refractivity contribution in [2.24, 2.45) is 0 Å². The average Bonchev–Trinajstić information content (AvgIpc) is 2.52. The number of hydrogen-bond acceptors (Lipinski definition) is 3. The van der Waals surface area contributed by atoms with Gasteiger partial charge in [0.2, 0.25) is 0 Å². The molecule has 2 aromatic rings. The molecule has 0 fully saturated rings. The number of benzene rings is 2. The Labute approximate surface area is 139 Å². The Balaban J connectivity index is 2.25. The lowest BCUT2D eigenvalue weighted by Gasteiger charge is -2.25. The third-order valence-corrected chi connectivity index (χ3v) is 4.98. The highest BCUT2D eigenvalue weighted by atomic mass is 32.2. The topological polar surface area (TPSA) is 54.5 Å². The van der Waals surface area contributed by atoms with E-state index in [0.29, 0.717) is 11.6 Å². The second-order valence-electron chi connectivity index (χ2n) is 5.56. The molecule has 128 valence electrons. The molecule has 24 heavy (non-hydrogen) atoms. The Bertz CT molecular complexity index is 864. The molecule has 0 heterocycles. The second kappa shape index (κ2) is 6.68. The number of rotatable bonds is 4. The van der Waals surface area contributed by atoms with E-state index in [1.807, 2.05) is 0 Å². The lowest BCUT2D eigenvalue weighted by Crippen LogP contribution is -2.30. The maximum Gasteiger partial charge on any atom is 0.257 e. The first-order valence-electron chi connectivity index (χ1n) is 7.13. The molecule has 0 N–H and O–H groups in total. The number of hydrogen-bond donors (Lipinski definition) is 0. The summed E-state index contributed by atoms with van der Waals surface area (Å²) >= 11 is 0. The van der Waals surface area contributed by atoms with Crippen molar-refractivity contribution in [1.82, 2.24) is 4.90 Å². The summed E-state index contributed by atoms with van der Waals surface area (Å²) in [5.74, 6) is -2.27. The molecule has 0 spiro atoms. The lowest BCUT2D eigenvalue weighted by atomic mass is 10.1. The quantitative estimate of drug-likeness (QED) is 0.848. The van der Waals surface area contributed by atoms with E-state index in [4.69, 9.17) is 0 Å². The van der Waals surface area contributed by atoms with Gasteiger partial charge in [-0.2, -0.15) is 0 Å². The number of amides is 1. The number of carbonyl (C=O) groups is 1. The summed E-state index contributed by atoms with van der Waals surface area (Å²) in [5, 5.41) is 0. The van der Waals surface area contributed by atoms with Gasteiger partial charge < -0.3 is 4.90 Å². The molecular formula is C17H17F2NO3S. The molecule has 1 amide bonds. The van der Waals surface area contributed by atoms with Gasteiger partial charge in [-0.05, 0) is 36.8 Å². The molecule has 1 unspecified atom stereocenters. The first-order chi connectivity index (χ1) is 11.1. The highest BCUT2D eigenvalue weighted by Crippen LogP contribution is 2.23. The van der Waals surface area contributed by atoms with Crippen LogP contribution in [0.15, 0.2) is 47.4 Å². The Hall–Kier alpha value is -2.28. The Morgan fingerprint density at radius 1 is 1.08 bits per heavy atom. The van der Waals surface area contributed by atoms with E-state index < -0.39 is 33.4 Å². The minimum Gasteiger partial charge on any atom is -0.335 e. The smallest absolute Gasteiger partial charge is 0.257 e. The van der Waals surface area contributed by atoms with Gasteiger partial charge >= 0.3 is 0 Å². The van der Waals surface area contributed by atoms with Crippen LogP contribution in [0.3, 0.4) is 0 Å². The number of halogens is 2. The summed E-state index contributed by atoms with van der Waals surface area (Å²) in [4.78, 5) is 13.9. The minimum atomic E-state index is -3.30. The van der Waals surface area contributed by atoms with Crippen molar-refractivity contribution >= 4 is 15.7 Å². The molecule has 7 heteroatoms. The van der Waals surface area contributed by atoms with E-state index >= 15 is 0 Å². The fourth-order valence-corrected chi connectivity index (χ4v) is 2.88. The molecular weight excluding hydrogens is 336 g/mol.